The second-order valence-corrected chi connectivity index (χ2v) is 7.72. The molecule has 0 aromatic heterocycles. The Kier molecular flexibility index (Phi) is 7.88. The highest BCUT2D eigenvalue weighted by molar-refractivity contribution is 9.10. The summed E-state index contributed by atoms with van der Waals surface area (Å²) in [5.41, 5.74) is 0.791. The summed E-state index contributed by atoms with van der Waals surface area (Å²) >= 11 is 3.30. The highest BCUT2D eigenvalue weighted by Gasteiger charge is 2.18. The Balaban J connectivity index is 1.95. The molecule has 9 nitrogen and oxygen atoms in total. The number of amides is 2. The van der Waals surface area contributed by atoms with Gasteiger partial charge < -0.3 is 15.4 Å². The number of nitro groups is 1. The van der Waals surface area contributed by atoms with Crippen molar-refractivity contribution in [2.75, 3.05) is 12.4 Å². The van der Waals surface area contributed by atoms with E-state index in [1.165, 1.54) is 43.5 Å². The fraction of sp³-hybridized carbons (Fsp3) is 0.0417. The highest BCUT2D eigenvalue weighted by Crippen LogP contribution is 2.19. The largest absolute Gasteiger partial charge is 0.465 e. The van der Waals surface area contributed by atoms with E-state index in [4.69, 9.17) is 0 Å². The molecule has 0 unspecified atom stereocenters. The van der Waals surface area contributed by atoms with Crippen molar-refractivity contribution < 1.29 is 24.0 Å². The van der Waals surface area contributed by atoms with E-state index in [1.54, 1.807) is 42.5 Å². The van der Waals surface area contributed by atoms with Crippen LogP contribution in [0.1, 0.15) is 26.3 Å². The maximum atomic E-state index is 13.1. The van der Waals surface area contributed by atoms with Crippen LogP contribution in [0.2, 0.25) is 0 Å². The quantitative estimate of drug-likeness (QED) is 0.202. The molecule has 10 heteroatoms. The lowest BCUT2D eigenvalue weighted by Crippen LogP contribution is -2.31. The predicted molar refractivity (Wildman–Crippen MR) is 129 cm³/mol. The fourth-order valence-corrected chi connectivity index (χ4v) is 3.39. The minimum atomic E-state index is -0.700. The third-order valence-electron chi connectivity index (χ3n) is 4.54. The number of carbonyl (C=O) groups excluding carboxylic acids is 3. The molecule has 0 aliphatic heterocycles. The van der Waals surface area contributed by atoms with Gasteiger partial charge >= 0.3 is 5.97 Å². The van der Waals surface area contributed by atoms with Crippen molar-refractivity contribution in [1.29, 1.82) is 0 Å². The second-order valence-electron chi connectivity index (χ2n) is 6.87. The second kappa shape index (κ2) is 11.0. The summed E-state index contributed by atoms with van der Waals surface area (Å²) < 4.78 is 5.21. The van der Waals surface area contributed by atoms with Gasteiger partial charge in [0.15, 0.2) is 0 Å². The number of halogens is 1. The summed E-state index contributed by atoms with van der Waals surface area (Å²) in [6.45, 7) is 0. The maximum Gasteiger partial charge on any atom is 0.337 e. The molecule has 0 aliphatic carbocycles. The van der Waals surface area contributed by atoms with Gasteiger partial charge in [-0.15, -0.1) is 0 Å². The minimum absolute atomic E-state index is 0.162. The van der Waals surface area contributed by atoms with E-state index in [0.29, 0.717) is 10.0 Å². The number of anilines is 1. The van der Waals surface area contributed by atoms with Crippen LogP contribution in [0.25, 0.3) is 6.08 Å². The van der Waals surface area contributed by atoms with Crippen LogP contribution < -0.4 is 10.6 Å². The smallest absolute Gasteiger partial charge is 0.337 e. The summed E-state index contributed by atoms with van der Waals surface area (Å²) in [7, 11) is 1.24. The Labute approximate surface area is 202 Å². The van der Waals surface area contributed by atoms with Crippen molar-refractivity contribution in [1.82, 2.24) is 5.32 Å². The first-order valence-corrected chi connectivity index (χ1v) is 10.6. The Morgan fingerprint density at radius 1 is 1.00 bits per heavy atom. The maximum absolute atomic E-state index is 13.1. The number of nitrogens with zero attached hydrogens (tertiary/aromatic N) is 1. The lowest BCUT2D eigenvalue weighted by atomic mass is 10.1. The van der Waals surface area contributed by atoms with Crippen LogP contribution in [0.3, 0.4) is 0 Å². The number of benzene rings is 3. The lowest BCUT2D eigenvalue weighted by molar-refractivity contribution is -0.384. The van der Waals surface area contributed by atoms with Crippen molar-refractivity contribution in [3.8, 4) is 0 Å². The standard InChI is InChI=1S/C24H18BrN3O6/c1-34-24(31)16-7-5-8-17(14-16)26-23(30)21(13-15-6-4-9-18(12-15)28(32)33)27-22(29)19-10-2-3-11-20(19)25/h2-14H,1H3,(H,26,30)(H,27,29)/b21-13-. The Morgan fingerprint density at radius 2 is 1.74 bits per heavy atom. The first-order valence-electron chi connectivity index (χ1n) is 9.80. The molecular weight excluding hydrogens is 506 g/mol. The molecule has 0 heterocycles. The van der Waals surface area contributed by atoms with E-state index in [-0.39, 0.29) is 28.2 Å². The zero-order chi connectivity index (χ0) is 24.7. The van der Waals surface area contributed by atoms with Gasteiger partial charge in [-0.3, -0.25) is 19.7 Å². The van der Waals surface area contributed by atoms with Gasteiger partial charge in [-0.05, 0) is 57.9 Å². The SMILES string of the molecule is COC(=O)c1cccc(NC(=O)/C(=C/c2cccc([N+](=O)[O-])c2)NC(=O)c2ccccc2Br)c1. The van der Waals surface area contributed by atoms with Crippen LogP contribution in [0.4, 0.5) is 11.4 Å². The molecule has 3 aromatic rings. The van der Waals surface area contributed by atoms with Gasteiger partial charge in [0.2, 0.25) is 0 Å². The number of methoxy groups -OCH3 is 1. The molecule has 3 aromatic carbocycles. The molecule has 0 spiro atoms. The average molecular weight is 524 g/mol. The summed E-state index contributed by atoms with van der Waals surface area (Å²) in [6, 6.07) is 18.3. The van der Waals surface area contributed by atoms with E-state index in [0.717, 1.165) is 0 Å². The van der Waals surface area contributed by atoms with Crippen LogP contribution in [0, 0.1) is 10.1 Å². The third kappa shape index (κ3) is 6.14. The molecule has 0 aliphatic rings. The predicted octanol–water partition coefficient (Wildman–Crippen LogP) is 4.55. The minimum Gasteiger partial charge on any atom is -0.465 e. The molecule has 0 radical (unpaired) electrons. The first-order chi connectivity index (χ1) is 16.3. The van der Waals surface area contributed by atoms with Gasteiger partial charge in [-0.1, -0.05) is 30.3 Å². The number of rotatable bonds is 7. The van der Waals surface area contributed by atoms with Gasteiger partial charge in [0.25, 0.3) is 17.5 Å². The Morgan fingerprint density at radius 3 is 2.44 bits per heavy atom. The van der Waals surface area contributed by atoms with Crippen LogP contribution in [0.5, 0.6) is 0 Å². The van der Waals surface area contributed by atoms with Crippen molar-refractivity contribution in [2.45, 2.75) is 0 Å². The van der Waals surface area contributed by atoms with Crippen molar-refractivity contribution in [3.63, 3.8) is 0 Å². The monoisotopic (exact) mass is 523 g/mol. The summed E-state index contributed by atoms with van der Waals surface area (Å²) in [5.74, 6) is -1.85. The van der Waals surface area contributed by atoms with Crippen LogP contribution in [-0.4, -0.2) is 29.8 Å². The van der Waals surface area contributed by atoms with Gasteiger partial charge in [0, 0.05) is 22.3 Å². The molecule has 0 fully saturated rings. The molecule has 0 bridgehead atoms. The summed E-state index contributed by atoms with van der Waals surface area (Å²) in [4.78, 5) is 48.3. The molecule has 2 amide bonds. The Hall–Kier alpha value is -4.31. The van der Waals surface area contributed by atoms with Crippen molar-refractivity contribution >= 4 is 51.2 Å². The zero-order valence-electron chi connectivity index (χ0n) is 17.8. The van der Waals surface area contributed by atoms with E-state index < -0.39 is 22.7 Å². The Bertz CT molecular complexity index is 1310. The summed E-state index contributed by atoms with van der Waals surface area (Å²) in [5, 5.41) is 16.3. The highest BCUT2D eigenvalue weighted by atomic mass is 79.9. The lowest BCUT2D eigenvalue weighted by Gasteiger charge is -2.12. The van der Waals surface area contributed by atoms with Crippen molar-refractivity contribution in [3.05, 3.63) is 110 Å². The third-order valence-corrected chi connectivity index (χ3v) is 5.24. The van der Waals surface area contributed by atoms with Gasteiger partial charge in [0.05, 0.1) is 23.2 Å². The molecule has 2 N–H and O–H groups in total. The normalized spacial score (nSPS) is 10.8. The molecule has 0 saturated carbocycles. The van der Waals surface area contributed by atoms with Crippen LogP contribution >= 0.6 is 15.9 Å². The molecular formula is C24H18BrN3O6. The number of ether oxygens (including phenoxy) is 1. The molecule has 0 saturated heterocycles. The molecule has 0 atom stereocenters. The topological polar surface area (TPSA) is 128 Å². The summed E-state index contributed by atoms with van der Waals surface area (Å²) in [6.07, 6.45) is 1.32. The van der Waals surface area contributed by atoms with E-state index in [9.17, 15) is 24.5 Å². The van der Waals surface area contributed by atoms with Crippen LogP contribution in [-0.2, 0) is 9.53 Å². The van der Waals surface area contributed by atoms with E-state index in [1.807, 2.05) is 0 Å². The average Bonchev–Trinajstić information content (AvgIpc) is 2.83. The molecule has 34 heavy (non-hydrogen) atoms. The van der Waals surface area contributed by atoms with Gasteiger partial charge in [-0.2, -0.15) is 0 Å². The molecule has 3 rings (SSSR count). The van der Waals surface area contributed by atoms with Gasteiger partial charge in [-0.25, -0.2) is 4.79 Å². The number of hydrogen-bond donors (Lipinski definition) is 2. The number of esters is 1. The van der Waals surface area contributed by atoms with E-state index in [2.05, 4.69) is 31.3 Å². The molecule has 172 valence electrons. The van der Waals surface area contributed by atoms with Gasteiger partial charge in [0.1, 0.15) is 5.70 Å². The van der Waals surface area contributed by atoms with Crippen molar-refractivity contribution in [2.24, 2.45) is 0 Å². The number of nitro benzene ring substituents is 1. The number of hydrogen-bond acceptors (Lipinski definition) is 6. The van der Waals surface area contributed by atoms with Crippen LogP contribution in [0.15, 0.2) is 83.0 Å². The zero-order valence-corrected chi connectivity index (χ0v) is 19.4. The first kappa shape index (κ1) is 24.3. The fourth-order valence-electron chi connectivity index (χ4n) is 2.93. The van der Waals surface area contributed by atoms with E-state index >= 15 is 0 Å². The number of non-ortho nitro benzene ring substituents is 1. The number of carbonyl (C=O) groups is 3. The number of nitrogens with one attached hydrogen (secondary N) is 2.